The Bertz CT molecular complexity index is 893. The maximum atomic E-state index is 6.91. The van der Waals surface area contributed by atoms with Gasteiger partial charge in [-0.2, -0.15) is 0 Å². The van der Waals surface area contributed by atoms with Gasteiger partial charge in [0.1, 0.15) is 0 Å². The fourth-order valence-electron chi connectivity index (χ4n) is 2.53. The first-order valence-electron chi connectivity index (χ1n) is 8.13. The second-order valence-corrected chi connectivity index (χ2v) is 8.14. The molecule has 4 heteroatoms. The van der Waals surface area contributed by atoms with Crippen molar-refractivity contribution in [3.8, 4) is 11.5 Å². The number of methoxy groups -OCH3 is 2. The number of hydrogen-bond donors (Lipinski definition) is 0. The molecule has 26 heavy (non-hydrogen) atoms. The van der Waals surface area contributed by atoms with Crippen LogP contribution in [-0.4, -0.2) is 29.2 Å². The second-order valence-electron chi connectivity index (χ2n) is 5.49. The number of benzene rings is 3. The van der Waals surface area contributed by atoms with Crippen LogP contribution in [0, 0.1) is 0 Å². The average molecular weight is 430 g/mol. The first-order chi connectivity index (χ1) is 12.7. The Morgan fingerprint density at radius 3 is 2.08 bits per heavy atom. The molecule has 3 aromatic carbocycles. The Hall–Kier alpha value is -2.19. The van der Waals surface area contributed by atoms with Crippen molar-refractivity contribution in [3.05, 3.63) is 90.0 Å². The van der Waals surface area contributed by atoms with Gasteiger partial charge in [0.2, 0.25) is 0 Å². The SMILES string of the molecule is COc1ccc(/C(Cl)=C(\[Se]c2ccccc2)c2ccccc2)c(OC)c1. The van der Waals surface area contributed by atoms with Gasteiger partial charge >= 0.3 is 166 Å². The fraction of sp³-hybridized carbons (Fsp3) is 0.0909. The molecule has 132 valence electrons. The topological polar surface area (TPSA) is 18.5 Å². The van der Waals surface area contributed by atoms with E-state index >= 15 is 0 Å². The van der Waals surface area contributed by atoms with Crippen LogP contribution < -0.4 is 13.9 Å². The van der Waals surface area contributed by atoms with Crippen molar-refractivity contribution in [2.24, 2.45) is 0 Å². The third kappa shape index (κ3) is 4.31. The summed E-state index contributed by atoms with van der Waals surface area (Å²) in [6, 6.07) is 26.4. The van der Waals surface area contributed by atoms with E-state index in [1.807, 2.05) is 42.5 Å². The predicted octanol–water partition coefficient (Wildman–Crippen LogP) is 4.80. The third-order valence-corrected chi connectivity index (χ3v) is 6.91. The molecule has 3 rings (SSSR count). The standard InChI is InChI=1S/C22H19ClO2Se/c1-24-17-13-14-19(20(15-17)25-2)21(23)22(16-9-5-3-6-10-16)26-18-11-7-4-8-12-18/h3-15H,1-2H3/b22-21+. The van der Waals surface area contributed by atoms with Crippen LogP contribution in [0.2, 0.25) is 0 Å². The van der Waals surface area contributed by atoms with Gasteiger partial charge in [0, 0.05) is 0 Å². The van der Waals surface area contributed by atoms with Gasteiger partial charge in [-0.05, 0) is 0 Å². The Balaban J connectivity index is 2.13. The van der Waals surface area contributed by atoms with E-state index in [9.17, 15) is 0 Å². The van der Waals surface area contributed by atoms with Gasteiger partial charge in [0.15, 0.2) is 0 Å². The zero-order valence-electron chi connectivity index (χ0n) is 14.6. The zero-order valence-corrected chi connectivity index (χ0v) is 17.1. The third-order valence-electron chi connectivity index (χ3n) is 3.84. The Morgan fingerprint density at radius 1 is 0.808 bits per heavy atom. The molecule has 0 unspecified atom stereocenters. The molecule has 0 saturated carbocycles. The molecule has 0 N–H and O–H groups in total. The van der Waals surface area contributed by atoms with Crippen LogP contribution in [0.5, 0.6) is 11.5 Å². The molecule has 0 bridgehead atoms. The molecule has 0 spiro atoms. The fourth-order valence-corrected chi connectivity index (χ4v) is 5.06. The summed E-state index contributed by atoms with van der Waals surface area (Å²) in [5.41, 5.74) is 1.99. The molecule has 0 aromatic heterocycles. The Labute approximate surface area is 165 Å². The average Bonchev–Trinajstić information content (AvgIpc) is 2.72. The molecule has 0 aliphatic rings. The Kier molecular flexibility index (Phi) is 6.40. The van der Waals surface area contributed by atoms with Crippen LogP contribution in [-0.2, 0) is 0 Å². The van der Waals surface area contributed by atoms with Gasteiger partial charge in [-0.3, -0.25) is 0 Å². The molecule has 0 radical (unpaired) electrons. The summed E-state index contributed by atoms with van der Waals surface area (Å²) >= 11 is 6.97. The van der Waals surface area contributed by atoms with Crippen molar-refractivity contribution in [1.29, 1.82) is 0 Å². The van der Waals surface area contributed by atoms with E-state index in [0.29, 0.717) is 10.8 Å². The molecule has 0 aliphatic heterocycles. The van der Waals surface area contributed by atoms with Gasteiger partial charge < -0.3 is 0 Å². The van der Waals surface area contributed by atoms with Crippen molar-refractivity contribution in [2.45, 2.75) is 0 Å². The summed E-state index contributed by atoms with van der Waals surface area (Å²) in [5, 5.41) is 0.708. The minimum atomic E-state index is 0.0602. The van der Waals surface area contributed by atoms with Gasteiger partial charge in [0.05, 0.1) is 0 Å². The number of halogens is 1. The van der Waals surface area contributed by atoms with Gasteiger partial charge in [-0.1, -0.05) is 0 Å². The molecule has 0 heterocycles. The van der Waals surface area contributed by atoms with Crippen molar-refractivity contribution in [3.63, 3.8) is 0 Å². The predicted molar refractivity (Wildman–Crippen MR) is 110 cm³/mol. The number of ether oxygens (including phenoxy) is 2. The molecule has 3 aromatic rings. The van der Waals surface area contributed by atoms with Crippen LogP contribution in [0.1, 0.15) is 11.1 Å². The van der Waals surface area contributed by atoms with Crippen LogP contribution in [0.3, 0.4) is 0 Å². The summed E-state index contributed by atoms with van der Waals surface area (Å²) in [7, 11) is 3.28. The summed E-state index contributed by atoms with van der Waals surface area (Å²) in [5.74, 6) is 1.44. The van der Waals surface area contributed by atoms with Crippen LogP contribution in [0.25, 0.3) is 9.50 Å². The van der Waals surface area contributed by atoms with Crippen molar-refractivity contribution < 1.29 is 9.47 Å². The zero-order chi connectivity index (χ0) is 18.4. The number of rotatable bonds is 6. The normalized spacial score (nSPS) is 11.7. The summed E-state index contributed by atoms with van der Waals surface area (Å²) in [6.07, 6.45) is 0. The van der Waals surface area contributed by atoms with E-state index in [4.69, 9.17) is 21.1 Å². The summed E-state index contributed by atoms with van der Waals surface area (Å²) in [6.45, 7) is 0. The minimum absolute atomic E-state index is 0.0602. The number of hydrogen-bond acceptors (Lipinski definition) is 2. The van der Waals surface area contributed by atoms with Crippen LogP contribution in [0.4, 0.5) is 0 Å². The Morgan fingerprint density at radius 2 is 1.46 bits per heavy atom. The van der Waals surface area contributed by atoms with E-state index in [0.717, 1.165) is 21.3 Å². The van der Waals surface area contributed by atoms with Crippen molar-refractivity contribution in [2.75, 3.05) is 14.2 Å². The van der Waals surface area contributed by atoms with Gasteiger partial charge in [-0.15, -0.1) is 0 Å². The van der Waals surface area contributed by atoms with Crippen molar-refractivity contribution >= 4 is 40.5 Å². The molecular weight excluding hydrogens is 411 g/mol. The van der Waals surface area contributed by atoms with E-state index in [-0.39, 0.29) is 15.0 Å². The van der Waals surface area contributed by atoms with Crippen molar-refractivity contribution in [1.82, 2.24) is 0 Å². The summed E-state index contributed by atoms with van der Waals surface area (Å²) in [4.78, 5) is 0. The van der Waals surface area contributed by atoms with E-state index in [2.05, 4.69) is 36.4 Å². The monoisotopic (exact) mass is 430 g/mol. The molecule has 2 nitrogen and oxygen atoms in total. The molecule has 0 fully saturated rings. The molecule has 0 saturated heterocycles. The van der Waals surface area contributed by atoms with Crippen LogP contribution in [0.15, 0.2) is 78.9 Å². The second kappa shape index (κ2) is 8.95. The molecule has 0 atom stereocenters. The first-order valence-corrected chi connectivity index (χ1v) is 10.2. The quantitative estimate of drug-likeness (QED) is 0.414. The summed E-state index contributed by atoms with van der Waals surface area (Å²) < 4.78 is 13.2. The van der Waals surface area contributed by atoms with E-state index in [1.165, 1.54) is 4.46 Å². The van der Waals surface area contributed by atoms with Crippen LogP contribution >= 0.6 is 11.6 Å². The first kappa shape index (κ1) is 18.6. The van der Waals surface area contributed by atoms with Gasteiger partial charge in [0.25, 0.3) is 0 Å². The van der Waals surface area contributed by atoms with E-state index in [1.54, 1.807) is 14.2 Å². The molecular formula is C22H19ClO2Se. The molecule has 0 amide bonds. The van der Waals surface area contributed by atoms with Gasteiger partial charge in [-0.25, -0.2) is 0 Å². The maximum absolute atomic E-state index is 6.91. The molecule has 0 aliphatic carbocycles. The van der Waals surface area contributed by atoms with E-state index < -0.39 is 0 Å².